The van der Waals surface area contributed by atoms with Crippen LogP contribution in [0, 0.1) is 5.92 Å². The van der Waals surface area contributed by atoms with Gasteiger partial charge in [-0.15, -0.1) is 0 Å². The molecule has 0 spiro atoms. The summed E-state index contributed by atoms with van der Waals surface area (Å²) in [5.41, 5.74) is 4.91. The Kier molecular flexibility index (Phi) is 6.09. The van der Waals surface area contributed by atoms with Gasteiger partial charge < -0.3 is 15.7 Å². The van der Waals surface area contributed by atoms with Gasteiger partial charge in [0.1, 0.15) is 0 Å². The summed E-state index contributed by atoms with van der Waals surface area (Å²) < 4.78 is 0. The number of nitrogens with two attached hydrogens (primary N) is 1. The molecule has 0 aromatic heterocycles. The van der Waals surface area contributed by atoms with Crippen molar-refractivity contribution in [3.05, 3.63) is 0 Å². The highest BCUT2D eigenvalue weighted by Crippen LogP contribution is 2.22. The van der Waals surface area contributed by atoms with Crippen LogP contribution in [0.25, 0.3) is 0 Å². The van der Waals surface area contributed by atoms with Gasteiger partial charge >= 0.3 is 0 Å². The molecule has 4 heteroatoms. The first-order valence-electron chi connectivity index (χ1n) is 7.15. The number of carbonyl (C=O) groups excluding carboxylic acids is 1. The Morgan fingerprint density at radius 1 is 1.39 bits per heavy atom. The molecule has 106 valence electrons. The normalized spacial score (nSPS) is 26.8. The molecule has 18 heavy (non-hydrogen) atoms. The Bertz CT molecular complexity index is 267. The van der Waals surface area contributed by atoms with Gasteiger partial charge in [0.15, 0.2) is 0 Å². The largest absolute Gasteiger partial charge is 0.390 e. The van der Waals surface area contributed by atoms with Gasteiger partial charge in [-0.05, 0) is 51.5 Å². The number of likely N-dealkylation sites (tertiary alicyclic amines) is 1. The van der Waals surface area contributed by atoms with Crippen molar-refractivity contribution in [2.75, 3.05) is 19.6 Å². The molecule has 0 aromatic carbocycles. The number of hydrogen-bond donors (Lipinski definition) is 2. The first-order valence-corrected chi connectivity index (χ1v) is 7.15. The lowest BCUT2D eigenvalue weighted by molar-refractivity contribution is -0.131. The van der Waals surface area contributed by atoms with E-state index in [0.29, 0.717) is 31.8 Å². The van der Waals surface area contributed by atoms with Crippen LogP contribution in [0.2, 0.25) is 0 Å². The maximum Gasteiger partial charge on any atom is 0.222 e. The van der Waals surface area contributed by atoms with Crippen LogP contribution >= 0.6 is 0 Å². The summed E-state index contributed by atoms with van der Waals surface area (Å²) >= 11 is 0. The van der Waals surface area contributed by atoms with Gasteiger partial charge in [0.25, 0.3) is 0 Å². The maximum absolute atomic E-state index is 12.1. The van der Waals surface area contributed by atoms with Crippen LogP contribution in [0.4, 0.5) is 0 Å². The molecule has 0 saturated carbocycles. The highest BCUT2D eigenvalue weighted by molar-refractivity contribution is 5.76. The number of aliphatic hydroxyl groups is 1. The average Bonchev–Trinajstić information content (AvgIpc) is 2.47. The minimum Gasteiger partial charge on any atom is -0.390 e. The first-order chi connectivity index (χ1) is 8.44. The van der Waals surface area contributed by atoms with Crippen LogP contribution in [-0.2, 0) is 4.79 Å². The van der Waals surface area contributed by atoms with Crippen LogP contribution in [-0.4, -0.2) is 41.1 Å². The zero-order valence-electron chi connectivity index (χ0n) is 11.8. The molecule has 4 nitrogen and oxygen atoms in total. The zero-order chi connectivity index (χ0) is 13.6. The molecule has 0 aromatic rings. The molecule has 1 heterocycles. The van der Waals surface area contributed by atoms with E-state index in [4.69, 9.17) is 5.73 Å². The lowest BCUT2D eigenvalue weighted by Crippen LogP contribution is -2.33. The fourth-order valence-electron chi connectivity index (χ4n) is 2.47. The van der Waals surface area contributed by atoms with Gasteiger partial charge in [-0.25, -0.2) is 0 Å². The Morgan fingerprint density at radius 3 is 2.78 bits per heavy atom. The third-order valence-electron chi connectivity index (χ3n) is 3.93. The fourth-order valence-corrected chi connectivity index (χ4v) is 2.47. The third kappa shape index (κ3) is 5.36. The highest BCUT2D eigenvalue weighted by atomic mass is 16.3. The van der Waals surface area contributed by atoms with Gasteiger partial charge in [-0.1, -0.05) is 6.92 Å². The van der Waals surface area contributed by atoms with E-state index >= 15 is 0 Å². The number of rotatable bonds is 5. The summed E-state index contributed by atoms with van der Waals surface area (Å²) in [5, 5.41) is 9.99. The van der Waals surface area contributed by atoms with E-state index in [1.54, 1.807) is 0 Å². The monoisotopic (exact) mass is 256 g/mol. The van der Waals surface area contributed by atoms with Gasteiger partial charge in [-0.3, -0.25) is 4.79 Å². The Hall–Kier alpha value is -0.610. The fraction of sp³-hybridized carbons (Fsp3) is 0.929. The van der Waals surface area contributed by atoms with Crippen LogP contribution in [0.5, 0.6) is 0 Å². The summed E-state index contributed by atoms with van der Waals surface area (Å²) in [7, 11) is 0. The first kappa shape index (κ1) is 15.4. The van der Waals surface area contributed by atoms with Crippen LogP contribution < -0.4 is 5.73 Å². The Morgan fingerprint density at radius 2 is 2.11 bits per heavy atom. The maximum atomic E-state index is 12.1. The van der Waals surface area contributed by atoms with Crippen molar-refractivity contribution in [1.29, 1.82) is 0 Å². The summed E-state index contributed by atoms with van der Waals surface area (Å²) in [6.45, 7) is 6.19. The van der Waals surface area contributed by atoms with Crippen molar-refractivity contribution < 1.29 is 9.90 Å². The predicted octanol–water partition coefficient (Wildman–Crippen LogP) is 1.51. The molecule has 1 rings (SSSR count). The lowest BCUT2D eigenvalue weighted by Gasteiger charge is -2.23. The number of carbonyl (C=O) groups is 1. The zero-order valence-corrected chi connectivity index (χ0v) is 11.8. The van der Waals surface area contributed by atoms with Crippen molar-refractivity contribution in [1.82, 2.24) is 4.90 Å². The molecule has 1 aliphatic rings. The van der Waals surface area contributed by atoms with Crippen LogP contribution in [0.3, 0.4) is 0 Å². The number of hydrogen-bond acceptors (Lipinski definition) is 3. The van der Waals surface area contributed by atoms with E-state index in [1.807, 2.05) is 11.8 Å². The van der Waals surface area contributed by atoms with Gasteiger partial charge in [0, 0.05) is 19.5 Å². The van der Waals surface area contributed by atoms with E-state index in [1.165, 1.54) is 0 Å². The van der Waals surface area contributed by atoms with Gasteiger partial charge in [0.2, 0.25) is 5.91 Å². The quantitative estimate of drug-likeness (QED) is 0.783. The summed E-state index contributed by atoms with van der Waals surface area (Å²) in [6, 6.07) is 0. The summed E-state index contributed by atoms with van der Waals surface area (Å²) in [6.07, 6.45) is 4.91. The molecular formula is C14H28N2O2. The molecule has 0 radical (unpaired) electrons. The Balaban J connectivity index is 2.33. The van der Waals surface area contributed by atoms with E-state index in [-0.39, 0.29) is 5.91 Å². The second-order valence-electron chi connectivity index (χ2n) is 5.95. The molecular weight excluding hydrogens is 228 g/mol. The van der Waals surface area contributed by atoms with Crippen LogP contribution in [0.15, 0.2) is 0 Å². The number of amides is 1. The second kappa shape index (κ2) is 7.10. The Labute approximate surface area is 111 Å². The average molecular weight is 256 g/mol. The molecule has 0 bridgehead atoms. The van der Waals surface area contributed by atoms with Gasteiger partial charge in [-0.2, -0.15) is 0 Å². The topological polar surface area (TPSA) is 66.6 Å². The molecule has 3 N–H and O–H groups in total. The molecule has 1 saturated heterocycles. The molecule has 2 atom stereocenters. The minimum atomic E-state index is -0.595. The third-order valence-corrected chi connectivity index (χ3v) is 3.93. The standard InChI is InChI=1S/C14H28N2O2/c1-12(6-9-15)4-5-13(17)16-10-3-7-14(2,18)8-11-16/h12,18H,3-11,15H2,1-2H3. The molecule has 1 amide bonds. The summed E-state index contributed by atoms with van der Waals surface area (Å²) in [4.78, 5) is 14.0. The van der Waals surface area contributed by atoms with Crippen molar-refractivity contribution in [2.24, 2.45) is 11.7 Å². The van der Waals surface area contributed by atoms with E-state index in [9.17, 15) is 9.90 Å². The van der Waals surface area contributed by atoms with Crippen molar-refractivity contribution in [2.45, 2.75) is 58.0 Å². The predicted molar refractivity (Wildman–Crippen MR) is 73.1 cm³/mol. The highest BCUT2D eigenvalue weighted by Gasteiger charge is 2.26. The van der Waals surface area contributed by atoms with Crippen molar-refractivity contribution >= 4 is 5.91 Å². The number of nitrogens with zero attached hydrogens (tertiary/aromatic N) is 1. The van der Waals surface area contributed by atoms with E-state index < -0.39 is 5.60 Å². The van der Waals surface area contributed by atoms with E-state index in [2.05, 4.69) is 6.92 Å². The molecule has 1 fully saturated rings. The molecule has 0 aliphatic carbocycles. The minimum absolute atomic E-state index is 0.233. The SMILES string of the molecule is CC(CCN)CCC(=O)N1CCCC(C)(O)CC1. The van der Waals surface area contributed by atoms with Gasteiger partial charge in [0.05, 0.1) is 5.60 Å². The van der Waals surface area contributed by atoms with E-state index in [0.717, 1.165) is 32.2 Å². The van der Waals surface area contributed by atoms with Crippen molar-refractivity contribution in [3.63, 3.8) is 0 Å². The summed E-state index contributed by atoms with van der Waals surface area (Å²) in [5.74, 6) is 0.755. The lowest BCUT2D eigenvalue weighted by atomic mass is 9.98. The second-order valence-corrected chi connectivity index (χ2v) is 5.95. The smallest absolute Gasteiger partial charge is 0.222 e. The van der Waals surface area contributed by atoms with Crippen molar-refractivity contribution in [3.8, 4) is 0 Å². The molecule has 2 unspecified atom stereocenters. The molecule has 1 aliphatic heterocycles. The van der Waals surface area contributed by atoms with Crippen LogP contribution in [0.1, 0.15) is 52.4 Å².